The first-order valence-electron chi connectivity index (χ1n) is 3.07. The van der Waals surface area contributed by atoms with Gasteiger partial charge in [-0.05, 0) is 36.2 Å². The number of aryl methyl sites for hydroxylation is 1. The van der Waals surface area contributed by atoms with E-state index >= 15 is 0 Å². The van der Waals surface area contributed by atoms with Crippen LogP contribution in [0.15, 0.2) is 18.2 Å². The molecule has 11 heavy (non-hydrogen) atoms. The number of rotatable bonds is 1. The fraction of sp³-hybridized carbons (Fsp3) is 0.125. The molecule has 0 spiro atoms. The normalized spacial score (nSPS) is 9.73. The largest absolute Gasteiger partial charge is 0.276 e. The zero-order chi connectivity index (χ0) is 8.43. The summed E-state index contributed by atoms with van der Waals surface area (Å²) in [5, 5.41) is 0.0865. The monoisotopic (exact) mass is 188 g/mol. The average molecular weight is 189 g/mol. The van der Waals surface area contributed by atoms with Gasteiger partial charge in [-0.3, -0.25) is 4.79 Å². The Labute approximate surface area is 74.9 Å². The lowest BCUT2D eigenvalue weighted by Gasteiger charge is -1.97. The van der Waals surface area contributed by atoms with Crippen LogP contribution in [0.1, 0.15) is 15.9 Å². The molecule has 0 saturated heterocycles. The summed E-state index contributed by atoms with van der Waals surface area (Å²) in [7, 11) is 0. The fourth-order valence-electron chi connectivity index (χ4n) is 0.715. The molecule has 0 aliphatic heterocycles. The molecule has 3 heteroatoms. The highest BCUT2D eigenvalue weighted by Crippen LogP contribution is 2.17. The van der Waals surface area contributed by atoms with E-state index in [1.165, 1.54) is 0 Å². The first-order chi connectivity index (χ1) is 5.11. The average Bonchev–Trinajstić information content (AvgIpc) is 1.94. The summed E-state index contributed by atoms with van der Waals surface area (Å²) < 4.78 is 0. The molecule has 1 rings (SSSR count). The van der Waals surface area contributed by atoms with Gasteiger partial charge in [0.05, 0.1) is 0 Å². The maximum absolute atomic E-state index is 10.6. The molecule has 0 aliphatic carbocycles. The highest BCUT2D eigenvalue weighted by molar-refractivity contribution is 6.67. The van der Waals surface area contributed by atoms with E-state index < -0.39 is 5.24 Å². The zero-order valence-corrected chi connectivity index (χ0v) is 7.41. The number of benzene rings is 1. The zero-order valence-electron chi connectivity index (χ0n) is 5.90. The number of hydrogen-bond donors (Lipinski definition) is 0. The minimum atomic E-state index is -0.480. The van der Waals surface area contributed by atoms with Gasteiger partial charge in [-0.2, -0.15) is 0 Å². The van der Waals surface area contributed by atoms with Gasteiger partial charge in [0.25, 0.3) is 5.24 Å². The van der Waals surface area contributed by atoms with Gasteiger partial charge in [-0.25, -0.2) is 0 Å². The maximum atomic E-state index is 10.6. The van der Waals surface area contributed by atoms with Crippen LogP contribution < -0.4 is 0 Å². The van der Waals surface area contributed by atoms with Crippen molar-refractivity contribution < 1.29 is 4.79 Å². The van der Waals surface area contributed by atoms with Crippen LogP contribution in [-0.4, -0.2) is 5.24 Å². The van der Waals surface area contributed by atoms with Crippen molar-refractivity contribution in [2.45, 2.75) is 6.92 Å². The SMILES string of the molecule is Cc1ccc(C(=O)Cl)cc1Cl. The second kappa shape index (κ2) is 3.24. The predicted octanol–water partition coefficient (Wildman–Crippen LogP) is 3.03. The molecule has 0 unspecified atom stereocenters. The predicted molar refractivity (Wildman–Crippen MR) is 46.4 cm³/mol. The smallest absolute Gasteiger partial charge is 0.252 e. The first kappa shape index (κ1) is 8.57. The van der Waals surface area contributed by atoms with Crippen LogP contribution in [0.3, 0.4) is 0 Å². The van der Waals surface area contributed by atoms with Crippen LogP contribution in [0.25, 0.3) is 0 Å². The van der Waals surface area contributed by atoms with Crippen molar-refractivity contribution >= 4 is 28.4 Å². The third-order valence-electron chi connectivity index (χ3n) is 1.40. The van der Waals surface area contributed by atoms with Crippen molar-refractivity contribution in [2.24, 2.45) is 0 Å². The minimum absolute atomic E-state index is 0.433. The van der Waals surface area contributed by atoms with E-state index in [2.05, 4.69) is 0 Å². The van der Waals surface area contributed by atoms with E-state index in [1.807, 2.05) is 6.92 Å². The molecule has 0 aliphatic rings. The molecule has 0 saturated carbocycles. The lowest BCUT2D eigenvalue weighted by Crippen LogP contribution is -1.88. The minimum Gasteiger partial charge on any atom is -0.276 e. The molecule has 1 aromatic carbocycles. The molecular formula is C8H6Cl2O. The standard InChI is InChI=1S/C8H6Cl2O/c1-5-2-3-6(8(10)11)4-7(5)9/h2-4H,1H3. The van der Waals surface area contributed by atoms with Crippen molar-refractivity contribution in [3.63, 3.8) is 0 Å². The Morgan fingerprint density at radius 2 is 2.09 bits per heavy atom. The van der Waals surface area contributed by atoms with E-state index in [1.54, 1.807) is 18.2 Å². The first-order valence-corrected chi connectivity index (χ1v) is 3.83. The molecular weight excluding hydrogens is 183 g/mol. The Bertz CT molecular complexity index is 294. The third kappa shape index (κ3) is 1.95. The van der Waals surface area contributed by atoms with Crippen molar-refractivity contribution in [1.29, 1.82) is 0 Å². The summed E-state index contributed by atoms with van der Waals surface area (Å²) in [5.74, 6) is 0. The van der Waals surface area contributed by atoms with Crippen LogP contribution in [0, 0.1) is 6.92 Å². The van der Waals surface area contributed by atoms with E-state index in [9.17, 15) is 4.79 Å². The number of carbonyl (C=O) groups is 1. The molecule has 0 N–H and O–H groups in total. The molecule has 1 aromatic rings. The Morgan fingerprint density at radius 1 is 1.45 bits per heavy atom. The van der Waals surface area contributed by atoms with Crippen LogP contribution in [-0.2, 0) is 0 Å². The van der Waals surface area contributed by atoms with Gasteiger partial charge in [0.1, 0.15) is 0 Å². The van der Waals surface area contributed by atoms with Crippen LogP contribution in [0.2, 0.25) is 5.02 Å². The summed E-state index contributed by atoms with van der Waals surface area (Å²) in [6, 6.07) is 4.97. The van der Waals surface area contributed by atoms with E-state index in [0.29, 0.717) is 10.6 Å². The van der Waals surface area contributed by atoms with Crippen LogP contribution in [0.5, 0.6) is 0 Å². The van der Waals surface area contributed by atoms with Gasteiger partial charge in [0, 0.05) is 10.6 Å². The van der Waals surface area contributed by atoms with Gasteiger partial charge in [0.2, 0.25) is 0 Å². The number of halogens is 2. The van der Waals surface area contributed by atoms with Gasteiger partial charge < -0.3 is 0 Å². The Balaban J connectivity index is 3.15. The number of carbonyl (C=O) groups excluding carboxylic acids is 1. The molecule has 1 nitrogen and oxygen atoms in total. The summed E-state index contributed by atoms with van der Waals surface area (Å²) in [5.41, 5.74) is 1.37. The van der Waals surface area contributed by atoms with E-state index in [4.69, 9.17) is 23.2 Å². The highest BCUT2D eigenvalue weighted by atomic mass is 35.5. The summed E-state index contributed by atoms with van der Waals surface area (Å²) >= 11 is 11.0. The van der Waals surface area contributed by atoms with E-state index in [0.717, 1.165) is 5.56 Å². The molecule has 58 valence electrons. The topological polar surface area (TPSA) is 17.1 Å². The molecule has 0 fully saturated rings. The van der Waals surface area contributed by atoms with Crippen LogP contribution in [0.4, 0.5) is 0 Å². The maximum Gasteiger partial charge on any atom is 0.252 e. The fourth-order valence-corrected chi connectivity index (χ4v) is 1.01. The number of hydrogen-bond acceptors (Lipinski definition) is 1. The Morgan fingerprint density at radius 3 is 2.55 bits per heavy atom. The van der Waals surface area contributed by atoms with Crippen molar-refractivity contribution in [3.05, 3.63) is 34.3 Å². The van der Waals surface area contributed by atoms with Gasteiger partial charge in [0.15, 0.2) is 0 Å². The van der Waals surface area contributed by atoms with Gasteiger partial charge >= 0.3 is 0 Å². The Kier molecular flexibility index (Phi) is 2.53. The van der Waals surface area contributed by atoms with Crippen molar-refractivity contribution in [2.75, 3.05) is 0 Å². The summed E-state index contributed by atoms with van der Waals surface area (Å²) in [6.45, 7) is 1.87. The van der Waals surface area contributed by atoms with Crippen molar-refractivity contribution in [3.8, 4) is 0 Å². The molecule has 0 radical (unpaired) electrons. The molecule has 0 aromatic heterocycles. The Hall–Kier alpha value is -0.530. The molecule has 0 heterocycles. The molecule has 0 amide bonds. The second-order valence-corrected chi connectivity index (χ2v) is 2.99. The summed E-state index contributed by atoms with van der Waals surface area (Å²) in [4.78, 5) is 10.6. The van der Waals surface area contributed by atoms with E-state index in [-0.39, 0.29) is 0 Å². The molecule has 0 bridgehead atoms. The van der Waals surface area contributed by atoms with Gasteiger partial charge in [-0.1, -0.05) is 17.7 Å². The van der Waals surface area contributed by atoms with Crippen LogP contribution >= 0.6 is 23.2 Å². The third-order valence-corrected chi connectivity index (χ3v) is 2.02. The second-order valence-electron chi connectivity index (χ2n) is 2.24. The van der Waals surface area contributed by atoms with Crippen molar-refractivity contribution in [1.82, 2.24) is 0 Å². The quantitative estimate of drug-likeness (QED) is 0.620. The lowest BCUT2D eigenvalue weighted by molar-refractivity contribution is 0.108. The summed E-state index contributed by atoms with van der Waals surface area (Å²) in [6.07, 6.45) is 0. The highest BCUT2D eigenvalue weighted by Gasteiger charge is 2.02. The molecule has 0 atom stereocenters. The lowest BCUT2D eigenvalue weighted by atomic mass is 10.2. The van der Waals surface area contributed by atoms with Gasteiger partial charge in [-0.15, -0.1) is 0 Å².